The van der Waals surface area contributed by atoms with Crippen LogP contribution in [0.4, 0.5) is 11.4 Å². The SMILES string of the molecule is c1ccc2c(c1)CCN2C1CCCC1N1CCc2ccccc21. The van der Waals surface area contributed by atoms with Gasteiger partial charge in [-0.3, -0.25) is 0 Å². The van der Waals surface area contributed by atoms with Crippen LogP contribution >= 0.6 is 0 Å². The van der Waals surface area contributed by atoms with Crippen LogP contribution in [0.5, 0.6) is 0 Å². The zero-order valence-corrected chi connectivity index (χ0v) is 13.6. The van der Waals surface area contributed by atoms with Gasteiger partial charge in [0.2, 0.25) is 0 Å². The minimum Gasteiger partial charge on any atom is -0.366 e. The summed E-state index contributed by atoms with van der Waals surface area (Å²) in [4.78, 5) is 5.43. The molecule has 2 aromatic carbocycles. The summed E-state index contributed by atoms with van der Waals surface area (Å²) in [5, 5.41) is 0. The minimum absolute atomic E-state index is 0.685. The van der Waals surface area contributed by atoms with E-state index in [1.54, 1.807) is 11.1 Å². The Labute approximate surface area is 138 Å². The average molecular weight is 304 g/mol. The lowest BCUT2D eigenvalue weighted by Crippen LogP contribution is -2.48. The summed E-state index contributed by atoms with van der Waals surface area (Å²) in [5.41, 5.74) is 6.08. The highest BCUT2D eigenvalue weighted by Crippen LogP contribution is 2.40. The van der Waals surface area contributed by atoms with E-state index in [1.165, 1.54) is 56.6 Å². The van der Waals surface area contributed by atoms with Crippen LogP contribution in [-0.4, -0.2) is 25.2 Å². The Kier molecular flexibility index (Phi) is 3.10. The van der Waals surface area contributed by atoms with Crippen molar-refractivity contribution in [1.29, 1.82) is 0 Å². The van der Waals surface area contributed by atoms with Gasteiger partial charge in [-0.25, -0.2) is 0 Å². The largest absolute Gasteiger partial charge is 0.366 e. The van der Waals surface area contributed by atoms with Crippen LogP contribution in [0.25, 0.3) is 0 Å². The van der Waals surface area contributed by atoms with Crippen molar-refractivity contribution in [3.05, 3.63) is 59.7 Å². The van der Waals surface area contributed by atoms with Crippen molar-refractivity contribution in [2.45, 2.75) is 44.2 Å². The summed E-state index contributed by atoms with van der Waals surface area (Å²) in [7, 11) is 0. The highest BCUT2D eigenvalue weighted by molar-refractivity contribution is 5.62. The van der Waals surface area contributed by atoms with Gasteiger partial charge in [-0.2, -0.15) is 0 Å². The smallest absolute Gasteiger partial charge is 0.0493 e. The van der Waals surface area contributed by atoms with Gasteiger partial charge in [-0.05, 0) is 55.4 Å². The topological polar surface area (TPSA) is 6.48 Å². The van der Waals surface area contributed by atoms with E-state index >= 15 is 0 Å². The second-order valence-electron chi connectivity index (χ2n) is 7.21. The lowest BCUT2D eigenvalue weighted by Gasteiger charge is -2.38. The number of hydrogen-bond acceptors (Lipinski definition) is 2. The normalized spacial score (nSPS) is 25.7. The molecule has 2 atom stereocenters. The second kappa shape index (κ2) is 5.30. The summed E-state index contributed by atoms with van der Waals surface area (Å²) >= 11 is 0. The van der Waals surface area contributed by atoms with Crippen LogP contribution in [-0.2, 0) is 12.8 Å². The van der Waals surface area contributed by atoms with Crippen molar-refractivity contribution >= 4 is 11.4 Å². The predicted molar refractivity (Wildman–Crippen MR) is 96.4 cm³/mol. The highest BCUT2D eigenvalue weighted by Gasteiger charge is 2.39. The van der Waals surface area contributed by atoms with Gasteiger partial charge in [0.1, 0.15) is 0 Å². The number of rotatable bonds is 2. The summed E-state index contributed by atoms with van der Waals surface area (Å²) in [6.45, 7) is 2.41. The molecule has 23 heavy (non-hydrogen) atoms. The Morgan fingerprint density at radius 1 is 0.652 bits per heavy atom. The standard InChI is InChI=1S/C21H24N2/c1-3-8-18-16(6-1)12-14-22(18)20-10-5-11-21(20)23-15-13-17-7-2-4-9-19(17)23/h1-4,6-9,20-21H,5,10-15H2. The van der Waals surface area contributed by atoms with E-state index in [9.17, 15) is 0 Å². The van der Waals surface area contributed by atoms with Crippen molar-refractivity contribution < 1.29 is 0 Å². The fraction of sp³-hybridized carbons (Fsp3) is 0.429. The zero-order valence-electron chi connectivity index (χ0n) is 13.6. The maximum Gasteiger partial charge on any atom is 0.0493 e. The van der Waals surface area contributed by atoms with Crippen molar-refractivity contribution in [1.82, 2.24) is 0 Å². The third kappa shape index (κ3) is 2.08. The van der Waals surface area contributed by atoms with Crippen molar-refractivity contribution in [3.63, 3.8) is 0 Å². The number of benzene rings is 2. The molecule has 0 spiro atoms. The predicted octanol–water partition coefficient (Wildman–Crippen LogP) is 4.03. The lowest BCUT2D eigenvalue weighted by atomic mass is 10.1. The zero-order chi connectivity index (χ0) is 15.2. The summed E-state index contributed by atoms with van der Waals surface area (Å²) in [6.07, 6.45) is 6.49. The molecular weight excluding hydrogens is 280 g/mol. The fourth-order valence-corrected chi connectivity index (χ4v) is 5.06. The third-order valence-electron chi connectivity index (χ3n) is 6.09. The molecule has 0 saturated heterocycles. The molecule has 2 aliphatic heterocycles. The molecule has 5 rings (SSSR count). The molecule has 1 saturated carbocycles. The molecule has 0 radical (unpaired) electrons. The Hall–Kier alpha value is -1.96. The molecule has 0 bridgehead atoms. The molecule has 1 fully saturated rings. The molecule has 0 amide bonds. The third-order valence-corrected chi connectivity index (χ3v) is 6.09. The maximum atomic E-state index is 2.72. The number of hydrogen-bond donors (Lipinski definition) is 0. The quantitative estimate of drug-likeness (QED) is 0.826. The van der Waals surface area contributed by atoms with E-state index in [4.69, 9.17) is 0 Å². The van der Waals surface area contributed by atoms with Crippen molar-refractivity contribution in [2.24, 2.45) is 0 Å². The van der Waals surface area contributed by atoms with Crippen LogP contribution in [0.2, 0.25) is 0 Å². The van der Waals surface area contributed by atoms with Gasteiger partial charge in [-0.15, -0.1) is 0 Å². The van der Waals surface area contributed by atoms with E-state index in [0.717, 1.165) is 0 Å². The van der Waals surface area contributed by atoms with E-state index in [2.05, 4.69) is 58.3 Å². The summed E-state index contributed by atoms with van der Waals surface area (Å²) < 4.78 is 0. The molecule has 2 heteroatoms. The first-order valence-electron chi connectivity index (χ1n) is 9.11. The average Bonchev–Trinajstić information content (AvgIpc) is 3.31. The van der Waals surface area contributed by atoms with Crippen LogP contribution in [0, 0.1) is 0 Å². The molecular formula is C21H24N2. The molecule has 118 valence electrons. The molecule has 0 aromatic heterocycles. The van der Waals surface area contributed by atoms with Crippen LogP contribution < -0.4 is 9.80 Å². The Balaban J connectivity index is 1.46. The van der Waals surface area contributed by atoms with Crippen LogP contribution in [0.15, 0.2) is 48.5 Å². The molecule has 1 aliphatic carbocycles. The number of fused-ring (bicyclic) bond motifs is 2. The highest BCUT2D eigenvalue weighted by atomic mass is 15.3. The van der Waals surface area contributed by atoms with Gasteiger partial charge in [0.25, 0.3) is 0 Å². The minimum atomic E-state index is 0.685. The lowest BCUT2D eigenvalue weighted by molar-refractivity contribution is 0.521. The van der Waals surface area contributed by atoms with E-state index < -0.39 is 0 Å². The molecule has 2 heterocycles. The molecule has 2 aromatic rings. The first kappa shape index (κ1) is 13.5. The summed E-state index contributed by atoms with van der Waals surface area (Å²) in [5.74, 6) is 0. The van der Waals surface area contributed by atoms with E-state index in [1.807, 2.05) is 0 Å². The number of para-hydroxylation sites is 2. The Morgan fingerprint density at radius 3 is 1.65 bits per heavy atom. The molecule has 3 aliphatic rings. The van der Waals surface area contributed by atoms with Crippen LogP contribution in [0.3, 0.4) is 0 Å². The van der Waals surface area contributed by atoms with Gasteiger partial charge < -0.3 is 9.80 Å². The first-order chi connectivity index (χ1) is 11.4. The van der Waals surface area contributed by atoms with Gasteiger partial charge in [0.15, 0.2) is 0 Å². The van der Waals surface area contributed by atoms with Gasteiger partial charge in [0, 0.05) is 36.5 Å². The molecule has 2 unspecified atom stereocenters. The first-order valence-corrected chi connectivity index (χ1v) is 9.11. The van der Waals surface area contributed by atoms with Gasteiger partial charge in [0.05, 0.1) is 0 Å². The van der Waals surface area contributed by atoms with E-state index in [0.29, 0.717) is 12.1 Å². The van der Waals surface area contributed by atoms with Crippen molar-refractivity contribution in [3.8, 4) is 0 Å². The Bertz CT molecular complexity index is 662. The number of anilines is 2. The van der Waals surface area contributed by atoms with Crippen LogP contribution in [0.1, 0.15) is 30.4 Å². The fourth-order valence-electron chi connectivity index (χ4n) is 5.06. The second-order valence-corrected chi connectivity index (χ2v) is 7.21. The van der Waals surface area contributed by atoms with E-state index in [-0.39, 0.29) is 0 Å². The molecule has 2 nitrogen and oxygen atoms in total. The van der Waals surface area contributed by atoms with Gasteiger partial charge >= 0.3 is 0 Å². The maximum absolute atomic E-state index is 2.72. The monoisotopic (exact) mass is 304 g/mol. The Morgan fingerprint density at radius 2 is 1.13 bits per heavy atom. The molecule has 0 N–H and O–H groups in total. The number of nitrogens with zero attached hydrogens (tertiary/aromatic N) is 2. The van der Waals surface area contributed by atoms with Crippen molar-refractivity contribution in [2.75, 3.05) is 22.9 Å². The summed E-state index contributed by atoms with van der Waals surface area (Å²) in [6, 6.07) is 19.4. The van der Waals surface area contributed by atoms with Gasteiger partial charge in [-0.1, -0.05) is 36.4 Å².